The molecule has 2 amide bonds. The van der Waals surface area contributed by atoms with Crippen molar-refractivity contribution in [2.75, 3.05) is 6.54 Å². The molecule has 1 aromatic heterocycles. The van der Waals surface area contributed by atoms with Gasteiger partial charge in [-0.1, -0.05) is 30.3 Å². The lowest BCUT2D eigenvalue weighted by Gasteiger charge is -2.24. The molecule has 1 heterocycles. The summed E-state index contributed by atoms with van der Waals surface area (Å²) in [5, 5.41) is 3.08. The van der Waals surface area contributed by atoms with Gasteiger partial charge in [0.25, 0.3) is 0 Å². The molecule has 3 rings (SSSR count). The Morgan fingerprint density at radius 3 is 2.80 bits per heavy atom. The number of hydrogen-bond donors (Lipinski definition) is 1. The highest BCUT2D eigenvalue weighted by Gasteiger charge is 2.24. The maximum absolute atomic E-state index is 12.3. The standard InChI is InChI=1S/C20H24N2O3/c1-15(23)22(14-16-6-3-2-4-7-16)12-10-20(24)21-18-8-5-9-19-17(18)11-13-25-19/h2-4,6-7,11,13,18H,5,8-10,12,14H2,1H3,(H,21,24). The lowest BCUT2D eigenvalue weighted by atomic mass is 9.93. The number of carbonyl (C=O) groups is 2. The van der Waals surface area contributed by atoms with Crippen LogP contribution in [0.2, 0.25) is 0 Å². The summed E-state index contributed by atoms with van der Waals surface area (Å²) in [6.07, 6.45) is 4.87. The number of amides is 2. The molecule has 5 nitrogen and oxygen atoms in total. The first-order valence-corrected chi connectivity index (χ1v) is 8.78. The van der Waals surface area contributed by atoms with Crippen LogP contribution in [0, 0.1) is 0 Å². The zero-order valence-electron chi connectivity index (χ0n) is 14.5. The van der Waals surface area contributed by atoms with Gasteiger partial charge in [0.2, 0.25) is 11.8 Å². The van der Waals surface area contributed by atoms with E-state index >= 15 is 0 Å². The van der Waals surface area contributed by atoms with Gasteiger partial charge in [-0.15, -0.1) is 0 Å². The van der Waals surface area contributed by atoms with Gasteiger partial charge < -0.3 is 14.6 Å². The first kappa shape index (κ1) is 17.3. The van der Waals surface area contributed by atoms with Crippen LogP contribution in [-0.4, -0.2) is 23.3 Å². The zero-order valence-corrected chi connectivity index (χ0v) is 14.5. The van der Waals surface area contributed by atoms with Gasteiger partial charge in [-0.2, -0.15) is 0 Å². The highest BCUT2D eigenvalue weighted by Crippen LogP contribution is 2.30. The van der Waals surface area contributed by atoms with E-state index in [2.05, 4.69) is 5.32 Å². The van der Waals surface area contributed by atoms with E-state index in [0.717, 1.165) is 36.1 Å². The summed E-state index contributed by atoms with van der Waals surface area (Å²) in [5.41, 5.74) is 2.15. The molecule has 1 aliphatic rings. The summed E-state index contributed by atoms with van der Waals surface area (Å²) in [5.74, 6) is 0.927. The van der Waals surface area contributed by atoms with Crippen LogP contribution in [0.1, 0.15) is 49.1 Å². The molecule has 132 valence electrons. The maximum atomic E-state index is 12.3. The average molecular weight is 340 g/mol. The summed E-state index contributed by atoms with van der Waals surface area (Å²) in [6, 6.07) is 11.8. The number of furan rings is 1. The van der Waals surface area contributed by atoms with Crippen LogP contribution < -0.4 is 5.32 Å². The molecule has 0 saturated heterocycles. The van der Waals surface area contributed by atoms with Gasteiger partial charge in [-0.05, 0) is 24.5 Å². The van der Waals surface area contributed by atoms with E-state index < -0.39 is 0 Å². The topological polar surface area (TPSA) is 62.6 Å². The van der Waals surface area contributed by atoms with Crippen LogP contribution in [0.4, 0.5) is 0 Å². The molecule has 0 radical (unpaired) electrons. The van der Waals surface area contributed by atoms with Gasteiger partial charge in [0.1, 0.15) is 5.76 Å². The lowest BCUT2D eigenvalue weighted by Crippen LogP contribution is -2.35. The van der Waals surface area contributed by atoms with Crippen molar-refractivity contribution in [1.29, 1.82) is 0 Å². The number of fused-ring (bicyclic) bond motifs is 1. The van der Waals surface area contributed by atoms with Crippen molar-refractivity contribution in [2.24, 2.45) is 0 Å². The highest BCUT2D eigenvalue weighted by molar-refractivity contribution is 5.78. The summed E-state index contributed by atoms with van der Waals surface area (Å²) < 4.78 is 5.46. The molecule has 25 heavy (non-hydrogen) atoms. The molecular weight excluding hydrogens is 316 g/mol. The van der Waals surface area contributed by atoms with Crippen LogP contribution in [0.25, 0.3) is 0 Å². The van der Waals surface area contributed by atoms with Gasteiger partial charge in [-0.25, -0.2) is 0 Å². The smallest absolute Gasteiger partial charge is 0.222 e. The molecule has 0 aliphatic heterocycles. The monoisotopic (exact) mass is 340 g/mol. The van der Waals surface area contributed by atoms with Gasteiger partial charge in [0.05, 0.1) is 12.3 Å². The van der Waals surface area contributed by atoms with Gasteiger partial charge in [0.15, 0.2) is 0 Å². The minimum Gasteiger partial charge on any atom is -0.469 e. The third-order valence-electron chi connectivity index (χ3n) is 4.66. The van der Waals surface area contributed by atoms with E-state index in [1.54, 1.807) is 18.1 Å². The van der Waals surface area contributed by atoms with Crippen LogP contribution in [0.5, 0.6) is 0 Å². The van der Waals surface area contributed by atoms with Gasteiger partial charge >= 0.3 is 0 Å². The van der Waals surface area contributed by atoms with Crippen molar-refractivity contribution in [3.05, 3.63) is 59.5 Å². The fourth-order valence-corrected chi connectivity index (χ4v) is 3.29. The third-order valence-corrected chi connectivity index (χ3v) is 4.66. The highest BCUT2D eigenvalue weighted by atomic mass is 16.3. The Labute approximate surface area is 148 Å². The number of carbonyl (C=O) groups excluding carboxylic acids is 2. The fourth-order valence-electron chi connectivity index (χ4n) is 3.29. The number of nitrogens with zero attached hydrogens (tertiary/aromatic N) is 1. The first-order valence-electron chi connectivity index (χ1n) is 8.78. The molecule has 1 aliphatic carbocycles. The minimum atomic E-state index is -0.0293. The number of nitrogens with one attached hydrogen (secondary N) is 1. The molecule has 2 aromatic rings. The van der Waals surface area contributed by atoms with E-state index in [1.807, 2.05) is 36.4 Å². The average Bonchev–Trinajstić information content (AvgIpc) is 3.09. The van der Waals surface area contributed by atoms with Crippen LogP contribution >= 0.6 is 0 Å². The molecule has 1 aromatic carbocycles. The molecule has 1 atom stereocenters. The molecule has 0 saturated carbocycles. The molecule has 0 fully saturated rings. The predicted octanol–water partition coefficient (Wildman–Crippen LogP) is 3.21. The molecule has 1 N–H and O–H groups in total. The molecule has 1 unspecified atom stereocenters. The molecule has 0 spiro atoms. The quantitative estimate of drug-likeness (QED) is 0.878. The van der Waals surface area contributed by atoms with Crippen molar-refractivity contribution in [3.8, 4) is 0 Å². The SMILES string of the molecule is CC(=O)N(CCC(=O)NC1CCCc2occc21)Cc1ccccc1. The number of benzene rings is 1. The van der Waals surface area contributed by atoms with Gasteiger partial charge in [-0.3, -0.25) is 9.59 Å². The number of rotatable bonds is 6. The molecule has 5 heteroatoms. The first-order chi connectivity index (χ1) is 12.1. The largest absolute Gasteiger partial charge is 0.469 e. The van der Waals surface area contributed by atoms with E-state index in [0.29, 0.717) is 19.5 Å². The Kier molecular flexibility index (Phi) is 5.53. The Morgan fingerprint density at radius 2 is 2.04 bits per heavy atom. The fraction of sp³-hybridized carbons (Fsp3) is 0.400. The summed E-state index contributed by atoms with van der Waals surface area (Å²) in [4.78, 5) is 25.9. The Morgan fingerprint density at radius 1 is 1.24 bits per heavy atom. The predicted molar refractivity (Wildman–Crippen MR) is 94.7 cm³/mol. The van der Waals surface area contributed by atoms with Gasteiger partial charge in [0, 0.05) is 38.4 Å². The van der Waals surface area contributed by atoms with Crippen molar-refractivity contribution >= 4 is 11.8 Å². The van der Waals surface area contributed by atoms with Crippen LogP contribution in [-0.2, 0) is 22.6 Å². The van der Waals surface area contributed by atoms with Crippen molar-refractivity contribution < 1.29 is 14.0 Å². The van der Waals surface area contributed by atoms with Crippen molar-refractivity contribution in [3.63, 3.8) is 0 Å². The van der Waals surface area contributed by atoms with Crippen LogP contribution in [0.15, 0.2) is 47.1 Å². The second-order valence-corrected chi connectivity index (χ2v) is 6.49. The molecular formula is C20H24N2O3. The maximum Gasteiger partial charge on any atom is 0.222 e. The lowest BCUT2D eigenvalue weighted by molar-refractivity contribution is -0.130. The Hall–Kier alpha value is -2.56. The van der Waals surface area contributed by atoms with Crippen LogP contribution in [0.3, 0.4) is 0 Å². The van der Waals surface area contributed by atoms with Crippen molar-refractivity contribution in [1.82, 2.24) is 10.2 Å². The van der Waals surface area contributed by atoms with E-state index in [-0.39, 0.29) is 17.9 Å². The minimum absolute atomic E-state index is 0.0218. The second kappa shape index (κ2) is 8.01. The Balaban J connectivity index is 1.53. The molecule has 0 bridgehead atoms. The number of hydrogen-bond acceptors (Lipinski definition) is 3. The summed E-state index contributed by atoms with van der Waals surface area (Å²) in [6.45, 7) is 2.49. The van der Waals surface area contributed by atoms with Crippen molar-refractivity contribution in [2.45, 2.75) is 45.2 Å². The Bertz CT molecular complexity index is 724. The number of aryl methyl sites for hydroxylation is 1. The second-order valence-electron chi connectivity index (χ2n) is 6.49. The zero-order chi connectivity index (χ0) is 17.6. The normalized spacial score (nSPS) is 16.1. The third kappa shape index (κ3) is 4.50. The summed E-state index contributed by atoms with van der Waals surface area (Å²) >= 11 is 0. The van der Waals surface area contributed by atoms with E-state index in [4.69, 9.17) is 4.42 Å². The summed E-state index contributed by atoms with van der Waals surface area (Å²) in [7, 11) is 0. The van der Waals surface area contributed by atoms with E-state index in [1.165, 1.54) is 0 Å². The van der Waals surface area contributed by atoms with E-state index in [9.17, 15) is 9.59 Å².